The molecule has 35 heavy (non-hydrogen) atoms. The molecule has 4 heteroatoms. The minimum absolute atomic E-state index is 0.0175. The van der Waals surface area contributed by atoms with Crippen LogP contribution in [-0.4, -0.2) is 36.0 Å². The summed E-state index contributed by atoms with van der Waals surface area (Å²) in [6.45, 7) is 14.5. The van der Waals surface area contributed by atoms with Crippen LogP contribution in [0.15, 0.2) is 11.6 Å². The molecule has 2 N–H and O–H groups in total. The largest absolute Gasteiger partial charge is 0.469 e. The van der Waals surface area contributed by atoms with Crippen LogP contribution in [0, 0.1) is 50.2 Å². The summed E-state index contributed by atoms with van der Waals surface area (Å²) in [5, 5.41) is 21.4. The number of methoxy groups -OCH3 is 1. The summed E-state index contributed by atoms with van der Waals surface area (Å²) < 4.78 is 5.48. The second kappa shape index (κ2) is 7.82. The van der Waals surface area contributed by atoms with Gasteiger partial charge in [0.05, 0.1) is 25.2 Å². The molecule has 0 aliphatic heterocycles. The van der Waals surface area contributed by atoms with Gasteiger partial charge < -0.3 is 14.9 Å². The Labute approximate surface area is 213 Å². The number of fused-ring (bicyclic) bond motifs is 7. The minimum atomic E-state index is -0.417. The van der Waals surface area contributed by atoms with Crippen LogP contribution < -0.4 is 0 Å². The molecule has 4 fully saturated rings. The first-order valence-electron chi connectivity index (χ1n) is 14.3. The topological polar surface area (TPSA) is 66.8 Å². The van der Waals surface area contributed by atoms with Crippen molar-refractivity contribution in [2.24, 2.45) is 50.2 Å². The van der Waals surface area contributed by atoms with Crippen LogP contribution in [0.5, 0.6) is 0 Å². The zero-order valence-electron chi connectivity index (χ0n) is 23.4. The highest BCUT2D eigenvalue weighted by atomic mass is 16.5. The third kappa shape index (κ3) is 3.14. The number of carbonyl (C=O) groups is 1. The molecular formula is C31H50O4. The summed E-state index contributed by atoms with van der Waals surface area (Å²) in [6, 6.07) is 0. The van der Waals surface area contributed by atoms with Crippen LogP contribution in [0.3, 0.4) is 0 Å². The lowest BCUT2D eigenvalue weighted by Crippen LogP contribution is -2.66. The number of esters is 1. The van der Waals surface area contributed by atoms with Gasteiger partial charge in [0.2, 0.25) is 0 Å². The van der Waals surface area contributed by atoms with Gasteiger partial charge in [0.25, 0.3) is 0 Å². The summed E-state index contributed by atoms with van der Waals surface area (Å²) in [6.07, 6.45) is 12.3. The maximum Gasteiger partial charge on any atom is 0.312 e. The van der Waals surface area contributed by atoms with E-state index in [4.69, 9.17) is 4.74 Å². The average Bonchev–Trinajstić information content (AvgIpc) is 2.81. The molecule has 4 nitrogen and oxygen atoms in total. The van der Waals surface area contributed by atoms with Crippen molar-refractivity contribution in [3.63, 3.8) is 0 Å². The zero-order valence-corrected chi connectivity index (χ0v) is 23.4. The van der Waals surface area contributed by atoms with Crippen molar-refractivity contribution in [3.8, 4) is 0 Å². The minimum Gasteiger partial charge on any atom is -0.469 e. The maximum atomic E-state index is 13.4. The fourth-order valence-corrected chi connectivity index (χ4v) is 10.8. The molecule has 5 aliphatic carbocycles. The Morgan fingerprint density at radius 3 is 2.31 bits per heavy atom. The van der Waals surface area contributed by atoms with Crippen LogP contribution in [0.1, 0.15) is 106 Å². The normalized spacial score (nSPS) is 52.8. The van der Waals surface area contributed by atoms with E-state index in [-0.39, 0.29) is 45.6 Å². The molecule has 0 radical (unpaired) electrons. The molecule has 4 saturated carbocycles. The number of hydrogen-bond donors (Lipinski definition) is 2. The smallest absolute Gasteiger partial charge is 0.312 e. The van der Waals surface area contributed by atoms with E-state index < -0.39 is 11.5 Å². The molecule has 0 aromatic rings. The van der Waals surface area contributed by atoms with Gasteiger partial charge in [-0.2, -0.15) is 0 Å². The van der Waals surface area contributed by atoms with Gasteiger partial charge in [-0.3, -0.25) is 4.79 Å². The molecule has 0 aromatic carbocycles. The van der Waals surface area contributed by atoms with E-state index in [2.05, 4.69) is 47.6 Å². The van der Waals surface area contributed by atoms with Gasteiger partial charge in [0.15, 0.2) is 0 Å². The van der Waals surface area contributed by atoms with E-state index in [0.717, 1.165) is 64.2 Å². The second-order valence-corrected chi connectivity index (χ2v) is 15.1. The third-order valence-electron chi connectivity index (χ3n) is 13.3. The van der Waals surface area contributed by atoms with Gasteiger partial charge in [-0.25, -0.2) is 0 Å². The van der Waals surface area contributed by atoms with Gasteiger partial charge in [0.1, 0.15) is 0 Å². The Kier molecular flexibility index (Phi) is 5.76. The van der Waals surface area contributed by atoms with Crippen LogP contribution in [0.25, 0.3) is 0 Å². The molecule has 0 amide bonds. The van der Waals surface area contributed by atoms with Crippen molar-refractivity contribution in [3.05, 3.63) is 11.6 Å². The van der Waals surface area contributed by atoms with Crippen molar-refractivity contribution >= 4 is 5.97 Å². The molecule has 5 aliphatic rings. The highest BCUT2D eigenvalue weighted by Gasteiger charge is 2.69. The standard InChI is InChI=1S/C31H50O4/c1-26(2)14-16-31(25(34)35-7)17-15-29(5)20(21(31)18-26)8-9-23-27(3)12-11-24(33)28(4,19-32)22(27)10-13-30(23,29)6/h8,21-24,32-33H,9-19H2,1-7H3/t21-,22+,23+,24-,27-,28-,29+,30+,31-/m0/s1. The number of hydrogen-bond acceptors (Lipinski definition) is 4. The SMILES string of the molecule is COC(=O)[C@]12CCC(C)(C)C[C@H]1C1=CC[C@@H]3[C@@]4(C)CC[C@H](O)[C@@](C)(CO)[C@@H]4CC[C@@]3(C)[C@]1(C)CC2. The van der Waals surface area contributed by atoms with E-state index in [1.54, 1.807) is 12.7 Å². The molecule has 0 saturated heterocycles. The van der Waals surface area contributed by atoms with E-state index in [1.807, 2.05) is 0 Å². The maximum absolute atomic E-state index is 13.4. The molecule has 0 unspecified atom stereocenters. The zero-order chi connectivity index (χ0) is 25.7. The van der Waals surface area contributed by atoms with Crippen LogP contribution in [0.4, 0.5) is 0 Å². The average molecular weight is 487 g/mol. The van der Waals surface area contributed by atoms with Crippen molar-refractivity contribution in [2.75, 3.05) is 13.7 Å². The first kappa shape index (κ1) is 25.8. The van der Waals surface area contributed by atoms with Crippen LogP contribution in [0.2, 0.25) is 0 Å². The summed E-state index contributed by atoms with van der Waals surface area (Å²) >= 11 is 0. The first-order chi connectivity index (χ1) is 16.2. The molecular weight excluding hydrogens is 436 g/mol. The monoisotopic (exact) mass is 486 g/mol. The van der Waals surface area contributed by atoms with E-state index >= 15 is 0 Å². The van der Waals surface area contributed by atoms with E-state index in [0.29, 0.717) is 11.8 Å². The summed E-state index contributed by atoms with van der Waals surface area (Å²) in [5.74, 6) is 1.16. The van der Waals surface area contributed by atoms with Gasteiger partial charge in [-0.1, -0.05) is 53.2 Å². The van der Waals surface area contributed by atoms with Crippen molar-refractivity contribution in [2.45, 2.75) is 112 Å². The van der Waals surface area contributed by atoms with Crippen molar-refractivity contribution < 1.29 is 19.7 Å². The molecule has 5 rings (SSSR count). The van der Waals surface area contributed by atoms with Gasteiger partial charge >= 0.3 is 5.97 Å². The summed E-state index contributed by atoms with van der Waals surface area (Å²) in [7, 11) is 1.58. The van der Waals surface area contributed by atoms with E-state index in [9.17, 15) is 15.0 Å². The molecule has 0 bridgehead atoms. The predicted octanol–water partition coefficient (Wildman–Crippen LogP) is 6.29. The lowest BCUT2D eigenvalue weighted by molar-refractivity contribution is -0.216. The van der Waals surface area contributed by atoms with Gasteiger partial charge in [-0.15, -0.1) is 0 Å². The van der Waals surface area contributed by atoms with E-state index in [1.165, 1.54) is 0 Å². The van der Waals surface area contributed by atoms with Crippen LogP contribution in [-0.2, 0) is 9.53 Å². The number of aliphatic hydroxyl groups excluding tert-OH is 2. The van der Waals surface area contributed by atoms with Gasteiger partial charge in [0, 0.05) is 5.41 Å². The second-order valence-electron chi connectivity index (χ2n) is 15.1. The number of carbonyl (C=O) groups excluding carboxylic acids is 1. The molecule has 9 atom stereocenters. The highest BCUT2D eigenvalue weighted by Crippen LogP contribution is 2.75. The first-order valence-corrected chi connectivity index (χ1v) is 14.3. The molecule has 0 heterocycles. The number of aliphatic hydroxyl groups is 2. The fraction of sp³-hybridized carbons (Fsp3) is 0.903. The molecule has 198 valence electrons. The Morgan fingerprint density at radius 2 is 1.66 bits per heavy atom. The molecule has 0 spiro atoms. The van der Waals surface area contributed by atoms with Crippen molar-refractivity contribution in [1.29, 1.82) is 0 Å². The lowest BCUT2D eigenvalue weighted by Gasteiger charge is -2.71. The quantitative estimate of drug-likeness (QED) is 0.355. The van der Waals surface area contributed by atoms with Crippen LogP contribution >= 0.6 is 0 Å². The highest BCUT2D eigenvalue weighted by molar-refractivity contribution is 5.78. The predicted molar refractivity (Wildman–Crippen MR) is 138 cm³/mol. The Hall–Kier alpha value is -0.870. The third-order valence-corrected chi connectivity index (χ3v) is 13.3. The summed E-state index contributed by atoms with van der Waals surface area (Å²) in [5.41, 5.74) is 1.37. The fourth-order valence-electron chi connectivity index (χ4n) is 10.8. The number of ether oxygens (including phenoxy) is 1. The number of rotatable bonds is 2. The lowest BCUT2D eigenvalue weighted by atomic mass is 9.33. The van der Waals surface area contributed by atoms with Crippen molar-refractivity contribution in [1.82, 2.24) is 0 Å². The van der Waals surface area contributed by atoms with Gasteiger partial charge in [-0.05, 0) is 104 Å². The Bertz CT molecular complexity index is 923. The number of allylic oxidation sites excluding steroid dienone is 2. The molecule has 0 aromatic heterocycles. The Morgan fingerprint density at radius 1 is 0.971 bits per heavy atom. The summed E-state index contributed by atoms with van der Waals surface area (Å²) in [4.78, 5) is 13.4. The Balaban J connectivity index is 1.59.